The van der Waals surface area contributed by atoms with Crippen LogP contribution < -0.4 is 5.32 Å². The van der Waals surface area contributed by atoms with Crippen LogP contribution in [0.25, 0.3) is 10.9 Å². The molecule has 5 rings (SSSR count). The van der Waals surface area contributed by atoms with E-state index in [1.165, 1.54) is 14.0 Å². The van der Waals surface area contributed by atoms with Crippen molar-refractivity contribution in [3.05, 3.63) is 35.5 Å². The Morgan fingerprint density at radius 1 is 0.985 bits per heavy atom. The van der Waals surface area contributed by atoms with Crippen molar-refractivity contribution in [3.63, 3.8) is 0 Å². The highest BCUT2D eigenvalue weighted by molar-refractivity contribution is 6.31. The fourth-order valence-corrected chi connectivity index (χ4v) is 10.9. The first kappa shape index (κ1) is 55.6. The molecule has 18 atom stereocenters. The number of aliphatic hydroxyl groups excluding tert-OH is 2. The molecular weight excluding hydrogens is 884 g/mol. The minimum Gasteiger partial charge on any atom is -0.459 e. The van der Waals surface area contributed by atoms with Gasteiger partial charge >= 0.3 is 5.97 Å². The maximum Gasteiger partial charge on any atom is 0.311 e. The van der Waals surface area contributed by atoms with Crippen LogP contribution in [-0.4, -0.2) is 179 Å². The molecule has 16 nitrogen and oxygen atoms in total. The number of ether oxygens (including phenoxy) is 7. The number of fused-ring (bicyclic) bond motifs is 1. The number of rotatable bonds is 13. The molecule has 3 fully saturated rings. The summed E-state index contributed by atoms with van der Waals surface area (Å²) < 4.78 is 45.8. The number of carbonyl (C=O) groups excluding carboxylic acids is 1. The summed E-state index contributed by atoms with van der Waals surface area (Å²) in [4.78, 5) is 23.1. The summed E-state index contributed by atoms with van der Waals surface area (Å²) >= 11 is 6.24. The van der Waals surface area contributed by atoms with Gasteiger partial charge in [0.15, 0.2) is 12.6 Å². The number of nitrogens with zero attached hydrogens (tertiary/aromatic N) is 3. The fraction of sp³-hybridized carbons (Fsp3) is 0.800. The van der Waals surface area contributed by atoms with Gasteiger partial charge in [-0.15, -0.1) is 0 Å². The molecule has 4 heterocycles. The summed E-state index contributed by atoms with van der Waals surface area (Å²) in [6, 6.07) is 6.91. The second-order valence-corrected chi connectivity index (χ2v) is 21.2. The Hall–Kier alpha value is -2.29. The maximum atomic E-state index is 14.5. The summed E-state index contributed by atoms with van der Waals surface area (Å²) in [6.45, 7) is 19.4. The van der Waals surface area contributed by atoms with Gasteiger partial charge in [0.2, 0.25) is 0 Å². The van der Waals surface area contributed by atoms with E-state index in [4.69, 9.17) is 44.8 Å². The quantitative estimate of drug-likeness (QED) is 0.122. The number of esters is 1. The number of benzene rings is 1. The van der Waals surface area contributed by atoms with Crippen molar-refractivity contribution in [1.29, 1.82) is 0 Å². The summed E-state index contributed by atoms with van der Waals surface area (Å²) in [6.07, 6.45) is -5.10. The van der Waals surface area contributed by atoms with Crippen molar-refractivity contribution < 1.29 is 58.4 Å². The Morgan fingerprint density at radius 3 is 2.34 bits per heavy atom. The predicted molar refractivity (Wildman–Crippen MR) is 258 cm³/mol. The van der Waals surface area contributed by atoms with E-state index in [-0.39, 0.29) is 37.3 Å². The van der Waals surface area contributed by atoms with Crippen LogP contribution in [0.2, 0.25) is 5.02 Å². The molecule has 0 saturated carbocycles. The van der Waals surface area contributed by atoms with Gasteiger partial charge in [-0.1, -0.05) is 32.4 Å². The van der Waals surface area contributed by atoms with E-state index in [1.54, 1.807) is 40.8 Å². The monoisotopic (exact) mass is 967 g/mol. The van der Waals surface area contributed by atoms with Gasteiger partial charge in [-0.05, 0) is 125 Å². The maximum absolute atomic E-state index is 14.5. The number of likely N-dealkylation sites (N-methyl/N-ethyl adjacent to an activating group) is 2. The molecule has 17 heteroatoms. The third kappa shape index (κ3) is 13.2. The van der Waals surface area contributed by atoms with Crippen LogP contribution in [0.4, 0.5) is 5.69 Å². The van der Waals surface area contributed by atoms with Crippen molar-refractivity contribution in [1.82, 2.24) is 14.8 Å². The Kier molecular flexibility index (Phi) is 19.3. The number of aromatic nitrogens is 1. The van der Waals surface area contributed by atoms with E-state index < -0.39 is 96.0 Å². The van der Waals surface area contributed by atoms with Crippen LogP contribution in [0.3, 0.4) is 0 Å². The van der Waals surface area contributed by atoms with Gasteiger partial charge in [-0.25, -0.2) is 0 Å². The molecule has 67 heavy (non-hydrogen) atoms. The zero-order chi connectivity index (χ0) is 49.8. The van der Waals surface area contributed by atoms with Gasteiger partial charge in [-0.3, -0.25) is 9.78 Å². The molecule has 0 amide bonds. The fourth-order valence-electron chi connectivity index (χ4n) is 10.7. The average molecular weight is 968 g/mol. The highest BCUT2D eigenvalue weighted by Gasteiger charge is 2.53. The van der Waals surface area contributed by atoms with E-state index in [9.17, 15) is 25.2 Å². The molecule has 3 saturated heterocycles. The number of anilines is 1. The van der Waals surface area contributed by atoms with Crippen molar-refractivity contribution in [2.24, 2.45) is 17.8 Å². The first-order valence-electron chi connectivity index (χ1n) is 24.3. The lowest BCUT2D eigenvalue weighted by Gasteiger charge is -2.49. The van der Waals surface area contributed by atoms with Crippen LogP contribution in [0, 0.1) is 17.8 Å². The van der Waals surface area contributed by atoms with Crippen molar-refractivity contribution in [3.8, 4) is 0 Å². The summed E-state index contributed by atoms with van der Waals surface area (Å²) in [5, 5.41) is 52.8. The molecular formula is C50H83ClN4O12. The first-order chi connectivity index (χ1) is 31.3. The molecule has 5 N–H and O–H groups in total. The average Bonchev–Trinajstić information content (AvgIpc) is 3.26. The molecule has 0 bridgehead atoms. The number of carbonyl (C=O) groups is 1. The number of halogens is 1. The number of hydrogen-bond acceptors (Lipinski definition) is 16. The van der Waals surface area contributed by atoms with Gasteiger partial charge in [0.05, 0.1) is 47.1 Å². The molecule has 1 aromatic heterocycles. The summed E-state index contributed by atoms with van der Waals surface area (Å²) in [5.74, 6) is -2.59. The number of pyridine rings is 1. The predicted octanol–water partition coefficient (Wildman–Crippen LogP) is 5.63. The topological polar surface area (TPSA) is 194 Å². The third-order valence-electron chi connectivity index (χ3n) is 14.8. The van der Waals surface area contributed by atoms with Gasteiger partial charge in [0, 0.05) is 73.5 Å². The van der Waals surface area contributed by atoms with E-state index >= 15 is 0 Å². The minimum atomic E-state index is -1.82. The van der Waals surface area contributed by atoms with Gasteiger partial charge in [0.1, 0.15) is 30.0 Å². The Balaban J connectivity index is 1.51. The van der Waals surface area contributed by atoms with Gasteiger partial charge in [-0.2, -0.15) is 0 Å². The molecule has 3 aliphatic rings. The highest BCUT2D eigenvalue weighted by Crippen LogP contribution is 2.41. The number of nitrogens with one attached hydrogen (secondary N) is 1. The van der Waals surface area contributed by atoms with Crippen molar-refractivity contribution in [2.75, 3.05) is 53.3 Å². The zero-order valence-corrected chi connectivity index (χ0v) is 43.2. The number of aliphatic hydroxyl groups is 4. The lowest BCUT2D eigenvalue weighted by atomic mass is 9.77. The standard InChI is InChI=1S/C50H83ClN4O12/c1-15-39-50(10,60)43(56)32(6)55(13)27-28(2)25-48(8,59)45(30(4)41(31(5)46(58)65-39)66-40-26-49(9,61-14)44(57)33(7)64-40)67-47-42(38(54(11)12)23-29(3)63-47)62-22-16-20-52-36-19-21-53-37-24-34(51)17-18-35(36)37/h17-19,21,24,28-33,38-45,47,56-57,59-60H,15-16,20,22-23,25-27H2,1-14H3,(H,52,53)/t28-,29-,30+,31-,32-,33+,38+,39-,40+,41+,42-,43?,44+,45-,47+,48-,49-,50?/m1/s1. The second-order valence-electron chi connectivity index (χ2n) is 20.8. The van der Waals surface area contributed by atoms with Crippen LogP contribution >= 0.6 is 11.6 Å². The number of hydrogen-bond donors (Lipinski definition) is 5. The van der Waals surface area contributed by atoms with E-state index in [2.05, 4.69) is 15.2 Å². The molecule has 2 aromatic rings. The first-order valence-corrected chi connectivity index (χ1v) is 24.7. The number of methoxy groups -OCH3 is 1. The van der Waals surface area contributed by atoms with Gasteiger partial charge in [0.25, 0.3) is 0 Å². The molecule has 382 valence electrons. The van der Waals surface area contributed by atoms with Crippen molar-refractivity contribution >= 4 is 34.2 Å². The van der Waals surface area contributed by atoms with E-state index in [0.717, 1.165) is 16.6 Å². The molecule has 0 spiro atoms. The smallest absolute Gasteiger partial charge is 0.311 e. The van der Waals surface area contributed by atoms with Gasteiger partial charge < -0.3 is 68.7 Å². The molecule has 1 aromatic carbocycles. The van der Waals surface area contributed by atoms with Crippen LogP contribution in [-0.2, 0) is 38.0 Å². The van der Waals surface area contributed by atoms with Crippen molar-refractivity contribution in [2.45, 2.75) is 192 Å². The van der Waals surface area contributed by atoms with Crippen LogP contribution in [0.15, 0.2) is 30.5 Å². The normalized spacial score (nSPS) is 41.1. The molecule has 0 radical (unpaired) electrons. The second kappa shape index (κ2) is 23.3. The molecule has 2 unspecified atom stereocenters. The minimum absolute atomic E-state index is 0.117. The van der Waals surface area contributed by atoms with E-state index in [1.807, 2.05) is 78.0 Å². The Bertz CT molecular complexity index is 1900. The Morgan fingerprint density at radius 2 is 1.69 bits per heavy atom. The lowest BCUT2D eigenvalue weighted by molar-refractivity contribution is -0.321. The summed E-state index contributed by atoms with van der Waals surface area (Å²) in [7, 11) is 7.40. The van der Waals surface area contributed by atoms with Crippen LogP contribution in [0.1, 0.15) is 101 Å². The SMILES string of the molecule is CC[C@H]1OC(=O)[C@H](C)[C@@H](O[C@H]2C[C@@](C)(OC)[C@@H](O)[C@H](C)O2)[C@H](C)[C@@H](O[C@@H]2O[C@H](C)C[C@H](N(C)C)[C@H]2OCCCNc2ccnc3cc(Cl)ccc23)[C@](C)(O)C[C@@H](C)CN(C)[C@H](C)C(O)C1(C)O. The largest absolute Gasteiger partial charge is 0.459 e. The number of cyclic esters (lactones) is 1. The van der Waals surface area contributed by atoms with Crippen LogP contribution in [0.5, 0.6) is 0 Å². The summed E-state index contributed by atoms with van der Waals surface area (Å²) in [5.41, 5.74) is -2.67. The Labute approximate surface area is 404 Å². The lowest BCUT2D eigenvalue weighted by Crippen LogP contribution is -2.61. The van der Waals surface area contributed by atoms with E-state index in [0.29, 0.717) is 37.6 Å². The molecule has 3 aliphatic heterocycles. The third-order valence-corrected chi connectivity index (χ3v) is 15.1. The molecule has 0 aliphatic carbocycles. The zero-order valence-electron chi connectivity index (χ0n) is 42.5. The highest BCUT2D eigenvalue weighted by atomic mass is 35.5.